The average molecular weight is 469 g/mol. The lowest BCUT2D eigenvalue weighted by molar-refractivity contribution is -0.129. The zero-order chi connectivity index (χ0) is 23.8. The Hall–Kier alpha value is -3.45. The van der Waals surface area contributed by atoms with Crippen LogP contribution >= 0.6 is 0 Å². The number of rotatable bonds is 5. The molecule has 2 aromatic rings. The highest BCUT2D eigenvalue weighted by Gasteiger charge is 2.40. The zero-order valence-electron chi connectivity index (χ0n) is 18.4. The van der Waals surface area contributed by atoms with Crippen LogP contribution in [-0.4, -0.2) is 38.4 Å². The molecule has 1 atom stereocenters. The van der Waals surface area contributed by atoms with Gasteiger partial charge in [0.1, 0.15) is 23.7 Å². The number of pyridine rings is 1. The van der Waals surface area contributed by atoms with Gasteiger partial charge < -0.3 is 9.64 Å². The number of benzene rings is 1. The summed E-state index contributed by atoms with van der Waals surface area (Å²) in [5, 5.41) is 8.66. The normalized spacial score (nSPS) is 18.1. The zero-order valence-corrected chi connectivity index (χ0v) is 19.2. The van der Waals surface area contributed by atoms with Crippen molar-refractivity contribution < 1.29 is 22.7 Å². The maximum absolute atomic E-state index is 13.0. The number of anilines is 1. The molecule has 1 fully saturated rings. The molecule has 1 saturated heterocycles. The number of piperidine rings is 1. The summed E-state index contributed by atoms with van der Waals surface area (Å²) < 4.78 is 32.9. The summed E-state index contributed by atoms with van der Waals surface area (Å²) in [7, 11) is -3.90. The van der Waals surface area contributed by atoms with Crippen LogP contribution in [0.3, 0.4) is 0 Å². The lowest BCUT2D eigenvalue weighted by Gasteiger charge is -2.39. The van der Waals surface area contributed by atoms with Gasteiger partial charge in [-0.05, 0) is 31.4 Å². The number of fused-ring (bicyclic) bond motifs is 1. The third kappa shape index (κ3) is 4.28. The largest absolute Gasteiger partial charge is 0.455 e. The van der Waals surface area contributed by atoms with Gasteiger partial charge in [0.15, 0.2) is 0 Å². The second-order valence-electron chi connectivity index (χ2n) is 8.62. The molecule has 0 aliphatic carbocycles. The molecule has 0 spiro atoms. The van der Waals surface area contributed by atoms with Crippen molar-refractivity contribution in [1.82, 2.24) is 9.71 Å². The van der Waals surface area contributed by atoms with Crippen molar-refractivity contribution in [3.05, 3.63) is 58.8 Å². The highest BCUT2D eigenvalue weighted by molar-refractivity contribution is 7.90. The Kier molecular flexibility index (Phi) is 5.84. The first-order valence-corrected chi connectivity index (χ1v) is 12.2. The highest BCUT2D eigenvalue weighted by atomic mass is 32.2. The summed E-state index contributed by atoms with van der Waals surface area (Å²) in [6, 6.07) is 12.3. The van der Waals surface area contributed by atoms with Crippen LogP contribution in [0, 0.1) is 16.7 Å². The van der Waals surface area contributed by atoms with E-state index < -0.39 is 32.6 Å². The minimum absolute atomic E-state index is 0.0678. The molecule has 172 valence electrons. The number of nitrogens with one attached hydrogen (secondary N) is 1. The fourth-order valence-corrected chi connectivity index (χ4v) is 5.24. The Morgan fingerprint density at radius 2 is 1.94 bits per heavy atom. The van der Waals surface area contributed by atoms with Crippen LogP contribution in [0.2, 0.25) is 0 Å². The first kappa shape index (κ1) is 22.7. The molecule has 0 radical (unpaired) electrons. The van der Waals surface area contributed by atoms with E-state index in [9.17, 15) is 23.3 Å². The number of aromatic nitrogens is 1. The van der Waals surface area contributed by atoms with E-state index in [1.807, 2.05) is 4.90 Å². The monoisotopic (exact) mass is 468 g/mol. The molecule has 10 heteroatoms. The van der Waals surface area contributed by atoms with E-state index in [0.29, 0.717) is 48.6 Å². The van der Waals surface area contributed by atoms with Crippen molar-refractivity contribution in [2.75, 3.05) is 18.0 Å². The van der Waals surface area contributed by atoms with Crippen LogP contribution < -0.4 is 9.62 Å². The Labute approximate surface area is 192 Å². The molecule has 1 aromatic heterocycles. The summed E-state index contributed by atoms with van der Waals surface area (Å²) in [6.45, 7) is 4.18. The molecule has 1 N–H and O–H groups in total. The Morgan fingerprint density at radius 3 is 2.58 bits per heavy atom. The topological polar surface area (TPSA) is 129 Å². The number of carbonyl (C=O) groups excluding carboxylic acids is 2. The number of nitrogens with zero attached hydrogens (tertiary/aromatic N) is 3. The third-order valence-electron chi connectivity index (χ3n) is 6.45. The molecule has 33 heavy (non-hydrogen) atoms. The van der Waals surface area contributed by atoms with E-state index in [0.717, 1.165) is 0 Å². The lowest BCUT2D eigenvalue weighted by atomic mass is 9.79. The number of nitriles is 1. The number of hydrogen-bond donors (Lipinski definition) is 1. The van der Waals surface area contributed by atoms with Gasteiger partial charge in [0.25, 0.3) is 0 Å². The van der Waals surface area contributed by atoms with Gasteiger partial charge in [-0.15, -0.1) is 0 Å². The number of carbonyl (C=O) groups is 2. The van der Waals surface area contributed by atoms with E-state index in [2.05, 4.69) is 15.8 Å². The maximum Gasteiger partial charge on any atom is 0.340 e. The fraction of sp³-hybridized carbons (Fsp3) is 0.391. The van der Waals surface area contributed by atoms with E-state index in [-0.39, 0.29) is 12.2 Å². The first-order chi connectivity index (χ1) is 15.6. The number of amides is 1. The van der Waals surface area contributed by atoms with E-state index in [1.165, 1.54) is 6.07 Å². The molecule has 1 amide bonds. The van der Waals surface area contributed by atoms with E-state index in [4.69, 9.17) is 4.74 Å². The summed E-state index contributed by atoms with van der Waals surface area (Å²) in [6.07, 6.45) is 0.764. The van der Waals surface area contributed by atoms with Crippen LogP contribution in [0.15, 0.2) is 36.4 Å². The summed E-state index contributed by atoms with van der Waals surface area (Å²) >= 11 is 0. The van der Waals surface area contributed by atoms with Crippen molar-refractivity contribution in [1.29, 1.82) is 5.26 Å². The standard InChI is InChI=1S/C23H24N4O5S/c1-15(16-6-4-3-5-7-16)33(30,31)26-22(29)23(2)8-10-27(11-9-23)20-17(13-24)12-18-19(25-20)14-32-21(18)28/h3-7,12,15H,8-11,14H2,1-2H3,(H,26,29). The molecule has 9 nitrogen and oxygen atoms in total. The predicted octanol–water partition coefficient (Wildman–Crippen LogP) is 2.44. The molecule has 1 aromatic carbocycles. The average Bonchev–Trinajstić information content (AvgIpc) is 3.18. The molecule has 3 heterocycles. The van der Waals surface area contributed by atoms with Gasteiger partial charge in [-0.1, -0.05) is 37.3 Å². The summed E-state index contributed by atoms with van der Waals surface area (Å²) in [4.78, 5) is 31.1. The molecular weight excluding hydrogens is 444 g/mol. The van der Waals surface area contributed by atoms with E-state index in [1.54, 1.807) is 44.2 Å². The second kappa shape index (κ2) is 8.48. The maximum atomic E-state index is 13.0. The number of esters is 1. The van der Waals surface area contributed by atoms with Gasteiger partial charge in [0, 0.05) is 13.1 Å². The minimum Gasteiger partial charge on any atom is -0.455 e. The van der Waals surface area contributed by atoms with Gasteiger partial charge in [-0.3, -0.25) is 9.52 Å². The predicted molar refractivity (Wildman–Crippen MR) is 120 cm³/mol. The number of sulfonamides is 1. The van der Waals surface area contributed by atoms with Crippen molar-refractivity contribution >= 4 is 27.7 Å². The minimum atomic E-state index is -3.90. The van der Waals surface area contributed by atoms with Crippen LogP contribution in [-0.2, 0) is 26.2 Å². The first-order valence-electron chi connectivity index (χ1n) is 10.6. The molecule has 2 aliphatic heterocycles. The molecular formula is C23H24N4O5S. The number of cyclic esters (lactones) is 1. The Balaban J connectivity index is 1.46. The summed E-state index contributed by atoms with van der Waals surface area (Å²) in [5.74, 6) is -0.581. The third-order valence-corrected chi connectivity index (χ3v) is 8.12. The lowest BCUT2D eigenvalue weighted by Crippen LogP contribution is -2.49. The number of hydrogen-bond acceptors (Lipinski definition) is 8. The van der Waals surface area contributed by atoms with Gasteiger partial charge in [0.2, 0.25) is 15.9 Å². The molecule has 0 saturated carbocycles. The summed E-state index contributed by atoms with van der Waals surface area (Å²) in [5.41, 5.74) is 0.769. The Bertz CT molecular complexity index is 1250. The van der Waals surface area contributed by atoms with Gasteiger partial charge in [0.05, 0.1) is 22.2 Å². The van der Waals surface area contributed by atoms with Crippen LogP contribution in [0.4, 0.5) is 5.82 Å². The Morgan fingerprint density at radius 1 is 1.27 bits per heavy atom. The fourth-order valence-electron chi connectivity index (χ4n) is 4.05. The van der Waals surface area contributed by atoms with Gasteiger partial charge >= 0.3 is 5.97 Å². The molecule has 0 bridgehead atoms. The quantitative estimate of drug-likeness (QED) is 0.663. The number of ether oxygens (including phenoxy) is 1. The van der Waals surface area contributed by atoms with Crippen LogP contribution in [0.1, 0.15) is 59.1 Å². The van der Waals surface area contributed by atoms with Gasteiger partial charge in [-0.25, -0.2) is 18.2 Å². The highest BCUT2D eigenvalue weighted by Crippen LogP contribution is 2.35. The molecule has 2 aliphatic rings. The van der Waals surface area contributed by atoms with Gasteiger partial charge in [-0.2, -0.15) is 5.26 Å². The van der Waals surface area contributed by atoms with Crippen molar-refractivity contribution in [2.24, 2.45) is 5.41 Å². The molecule has 1 unspecified atom stereocenters. The second-order valence-corrected chi connectivity index (χ2v) is 10.6. The van der Waals surface area contributed by atoms with Crippen LogP contribution in [0.25, 0.3) is 0 Å². The van der Waals surface area contributed by atoms with Crippen molar-refractivity contribution in [2.45, 2.75) is 38.5 Å². The SMILES string of the molecule is CC(c1ccccc1)S(=O)(=O)NC(=O)C1(C)CCN(c2nc3c(cc2C#N)C(=O)OC3)CC1. The smallest absolute Gasteiger partial charge is 0.340 e. The van der Waals surface area contributed by atoms with Crippen molar-refractivity contribution in [3.63, 3.8) is 0 Å². The van der Waals surface area contributed by atoms with E-state index >= 15 is 0 Å². The van der Waals surface area contributed by atoms with Crippen molar-refractivity contribution in [3.8, 4) is 6.07 Å². The van der Waals surface area contributed by atoms with Crippen LogP contribution in [0.5, 0.6) is 0 Å². The molecule has 4 rings (SSSR count).